The molecule has 1 heterocycles. The van der Waals surface area contributed by atoms with E-state index in [2.05, 4.69) is 22.9 Å². The van der Waals surface area contributed by atoms with Crippen LogP contribution in [-0.4, -0.2) is 29.8 Å². The summed E-state index contributed by atoms with van der Waals surface area (Å²) >= 11 is 0. The highest BCUT2D eigenvalue weighted by atomic mass is 16.3. The molecule has 20 heavy (non-hydrogen) atoms. The van der Waals surface area contributed by atoms with Gasteiger partial charge in [-0.25, -0.2) is 0 Å². The monoisotopic (exact) mass is 273 g/mol. The molecule has 0 aliphatic carbocycles. The van der Waals surface area contributed by atoms with Crippen molar-refractivity contribution in [3.8, 4) is 0 Å². The molecule has 0 spiro atoms. The van der Waals surface area contributed by atoms with Gasteiger partial charge in [0.25, 0.3) is 0 Å². The van der Waals surface area contributed by atoms with Gasteiger partial charge in [0.1, 0.15) is 0 Å². The van der Waals surface area contributed by atoms with Crippen LogP contribution in [0.1, 0.15) is 25.5 Å². The molecule has 2 aromatic rings. The van der Waals surface area contributed by atoms with E-state index in [1.807, 2.05) is 25.1 Å². The van der Waals surface area contributed by atoms with Crippen LogP contribution in [0.5, 0.6) is 0 Å². The molecule has 0 fully saturated rings. The Balaban J connectivity index is 2.50. The number of benzene rings is 1. The molecule has 108 valence electrons. The predicted octanol–water partition coefficient (Wildman–Crippen LogP) is 2.72. The number of rotatable bonds is 6. The molecule has 0 saturated carbocycles. The number of nitrogens with two attached hydrogens (primary N) is 1. The third-order valence-corrected chi connectivity index (χ3v) is 3.43. The van der Waals surface area contributed by atoms with Gasteiger partial charge in [-0.15, -0.1) is 0 Å². The maximum atomic E-state index is 9.31. The number of nitrogen functional groups attached to an aromatic ring is 1. The van der Waals surface area contributed by atoms with E-state index in [1.165, 1.54) is 0 Å². The number of aryl methyl sites for hydroxylation is 1. The number of anilines is 2. The van der Waals surface area contributed by atoms with Crippen molar-refractivity contribution in [3.63, 3.8) is 0 Å². The average molecular weight is 273 g/mol. The highest BCUT2D eigenvalue weighted by molar-refractivity contribution is 5.94. The lowest BCUT2D eigenvalue weighted by atomic mass is 10.1. The molecule has 0 aliphatic rings. The Morgan fingerprint density at radius 1 is 1.25 bits per heavy atom. The van der Waals surface area contributed by atoms with E-state index in [4.69, 9.17) is 5.73 Å². The van der Waals surface area contributed by atoms with Crippen molar-refractivity contribution in [1.29, 1.82) is 0 Å². The summed E-state index contributed by atoms with van der Waals surface area (Å²) < 4.78 is 0. The molecule has 0 atom stereocenters. The van der Waals surface area contributed by atoms with Crippen LogP contribution in [-0.2, 0) is 0 Å². The third-order valence-electron chi connectivity index (χ3n) is 3.43. The number of unbranched alkanes of at least 4 members (excludes halogenated alkanes) is 1. The molecule has 1 aromatic carbocycles. The molecule has 0 saturated heterocycles. The van der Waals surface area contributed by atoms with Gasteiger partial charge in [-0.05, 0) is 37.6 Å². The summed E-state index contributed by atoms with van der Waals surface area (Å²) in [4.78, 5) is 6.78. The van der Waals surface area contributed by atoms with Crippen LogP contribution in [0.2, 0.25) is 0 Å². The minimum absolute atomic E-state index is 0.148. The van der Waals surface area contributed by atoms with Gasteiger partial charge in [-0.1, -0.05) is 13.3 Å². The molecule has 3 N–H and O–H groups in total. The lowest BCUT2D eigenvalue weighted by molar-refractivity contribution is 0.301. The van der Waals surface area contributed by atoms with Gasteiger partial charge in [0.2, 0.25) is 0 Å². The highest BCUT2D eigenvalue weighted by Crippen LogP contribution is 2.28. The Morgan fingerprint density at radius 2 is 2.05 bits per heavy atom. The lowest BCUT2D eigenvalue weighted by Gasteiger charge is -2.25. The Kier molecular flexibility index (Phi) is 4.79. The van der Waals surface area contributed by atoms with Crippen molar-refractivity contribution < 1.29 is 5.11 Å². The summed E-state index contributed by atoms with van der Waals surface area (Å²) in [5, 5.41) is 10.4. The minimum Gasteiger partial charge on any atom is -0.399 e. The molecule has 0 amide bonds. The zero-order valence-electron chi connectivity index (χ0n) is 12.3. The molecule has 4 nitrogen and oxygen atoms in total. The number of aromatic nitrogens is 1. The molecular weight excluding hydrogens is 250 g/mol. The fraction of sp³-hybridized carbons (Fsp3) is 0.438. The molecule has 0 aliphatic heterocycles. The van der Waals surface area contributed by atoms with Crippen molar-refractivity contribution in [3.05, 3.63) is 30.0 Å². The zero-order chi connectivity index (χ0) is 14.5. The molecule has 0 unspecified atom stereocenters. The average Bonchev–Trinajstić information content (AvgIpc) is 2.43. The first kappa shape index (κ1) is 14.6. The summed E-state index contributed by atoms with van der Waals surface area (Å²) in [5.74, 6) is 0. The van der Waals surface area contributed by atoms with E-state index < -0.39 is 0 Å². The largest absolute Gasteiger partial charge is 0.399 e. The van der Waals surface area contributed by atoms with Gasteiger partial charge in [-0.2, -0.15) is 0 Å². The number of hydrogen-bond donors (Lipinski definition) is 2. The van der Waals surface area contributed by atoms with Crippen molar-refractivity contribution >= 4 is 22.3 Å². The third kappa shape index (κ3) is 3.20. The number of pyridine rings is 1. The Labute approximate surface area is 120 Å². The quantitative estimate of drug-likeness (QED) is 0.794. The summed E-state index contributed by atoms with van der Waals surface area (Å²) in [6.45, 7) is 5.88. The Morgan fingerprint density at radius 3 is 2.75 bits per heavy atom. The van der Waals surface area contributed by atoms with Gasteiger partial charge in [0.05, 0.1) is 12.1 Å². The first-order valence-electron chi connectivity index (χ1n) is 7.18. The number of nitrogens with zero attached hydrogens (tertiary/aromatic N) is 2. The van der Waals surface area contributed by atoms with Crippen LogP contribution in [0.4, 0.5) is 11.4 Å². The van der Waals surface area contributed by atoms with Gasteiger partial charge in [0, 0.05) is 35.5 Å². The molecular formula is C16H23N3O. The van der Waals surface area contributed by atoms with E-state index in [9.17, 15) is 5.11 Å². The smallest absolute Gasteiger partial charge is 0.0727 e. The highest BCUT2D eigenvalue weighted by Gasteiger charge is 2.11. The fourth-order valence-corrected chi connectivity index (χ4v) is 2.44. The van der Waals surface area contributed by atoms with Crippen molar-refractivity contribution in [1.82, 2.24) is 4.98 Å². The second-order valence-corrected chi connectivity index (χ2v) is 5.12. The number of aliphatic hydroxyl groups excluding tert-OH is 1. The Hall–Kier alpha value is -1.81. The Bertz CT molecular complexity index is 583. The van der Waals surface area contributed by atoms with E-state index in [0.717, 1.165) is 47.4 Å². The SMILES string of the molecule is CCCCN(CCO)c1cc(C)nc2ccc(N)cc12. The summed E-state index contributed by atoms with van der Waals surface area (Å²) in [7, 11) is 0. The van der Waals surface area contributed by atoms with Crippen LogP contribution >= 0.6 is 0 Å². The van der Waals surface area contributed by atoms with Crippen molar-refractivity contribution in [2.75, 3.05) is 30.3 Å². The second-order valence-electron chi connectivity index (χ2n) is 5.12. The summed E-state index contributed by atoms with van der Waals surface area (Å²) in [6.07, 6.45) is 2.23. The van der Waals surface area contributed by atoms with Crippen LogP contribution in [0.3, 0.4) is 0 Å². The minimum atomic E-state index is 0.148. The predicted molar refractivity (Wildman–Crippen MR) is 85.1 cm³/mol. The van der Waals surface area contributed by atoms with Crippen LogP contribution in [0, 0.1) is 6.92 Å². The fourth-order valence-electron chi connectivity index (χ4n) is 2.44. The first-order valence-corrected chi connectivity index (χ1v) is 7.18. The normalized spacial score (nSPS) is 10.9. The van der Waals surface area contributed by atoms with Gasteiger partial charge in [0.15, 0.2) is 0 Å². The molecule has 0 bridgehead atoms. The molecule has 4 heteroatoms. The van der Waals surface area contributed by atoms with Crippen LogP contribution in [0.15, 0.2) is 24.3 Å². The van der Waals surface area contributed by atoms with E-state index in [0.29, 0.717) is 6.54 Å². The van der Waals surface area contributed by atoms with Crippen molar-refractivity contribution in [2.24, 2.45) is 0 Å². The van der Waals surface area contributed by atoms with E-state index in [-0.39, 0.29) is 6.61 Å². The molecule has 1 aromatic heterocycles. The number of hydrogen-bond acceptors (Lipinski definition) is 4. The van der Waals surface area contributed by atoms with Crippen LogP contribution < -0.4 is 10.6 Å². The summed E-state index contributed by atoms with van der Waals surface area (Å²) in [5.41, 5.74) is 9.70. The maximum absolute atomic E-state index is 9.31. The van der Waals surface area contributed by atoms with E-state index >= 15 is 0 Å². The second kappa shape index (κ2) is 6.57. The zero-order valence-corrected chi connectivity index (χ0v) is 12.3. The van der Waals surface area contributed by atoms with Gasteiger partial charge >= 0.3 is 0 Å². The van der Waals surface area contributed by atoms with Crippen molar-refractivity contribution in [2.45, 2.75) is 26.7 Å². The first-order chi connectivity index (χ1) is 9.65. The molecule has 0 radical (unpaired) electrons. The standard InChI is InChI=1S/C16H23N3O/c1-3-4-7-19(8-9-20)16-10-12(2)18-15-6-5-13(17)11-14(15)16/h5-6,10-11,20H,3-4,7-9,17H2,1-2H3. The maximum Gasteiger partial charge on any atom is 0.0727 e. The summed E-state index contributed by atoms with van der Waals surface area (Å²) in [6, 6.07) is 7.87. The molecule has 2 rings (SSSR count). The number of aliphatic hydroxyl groups is 1. The van der Waals surface area contributed by atoms with Gasteiger partial charge < -0.3 is 15.7 Å². The van der Waals surface area contributed by atoms with Gasteiger partial charge in [-0.3, -0.25) is 4.98 Å². The lowest BCUT2D eigenvalue weighted by Crippen LogP contribution is -2.28. The number of fused-ring (bicyclic) bond motifs is 1. The topological polar surface area (TPSA) is 62.4 Å². The van der Waals surface area contributed by atoms with Crippen LogP contribution in [0.25, 0.3) is 10.9 Å². The van der Waals surface area contributed by atoms with E-state index in [1.54, 1.807) is 0 Å².